The molecular weight excluding hydrogens is 202 g/mol. The van der Waals surface area contributed by atoms with Crippen LogP contribution in [0.3, 0.4) is 0 Å². The monoisotopic (exact) mass is 217 g/mol. The Hall–Kier alpha value is -1.68. The van der Waals surface area contributed by atoms with Crippen LogP contribution in [-0.4, -0.2) is 28.5 Å². The molecule has 2 rings (SSSR count). The number of carbonyl (C=O) groups is 1. The number of hydrogen-bond acceptors (Lipinski definition) is 3. The van der Waals surface area contributed by atoms with Gasteiger partial charge in [-0.05, 0) is 38.1 Å². The molecule has 2 aromatic rings. The van der Waals surface area contributed by atoms with Gasteiger partial charge in [-0.25, -0.2) is 4.52 Å². The zero-order valence-electron chi connectivity index (χ0n) is 9.47. The van der Waals surface area contributed by atoms with Crippen LogP contribution in [0.2, 0.25) is 0 Å². The summed E-state index contributed by atoms with van der Waals surface area (Å²) in [5.74, 6) is 0.151. The molecule has 0 aliphatic carbocycles. The van der Waals surface area contributed by atoms with Crippen molar-refractivity contribution in [3.63, 3.8) is 0 Å². The van der Waals surface area contributed by atoms with Gasteiger partial charge in [0.05, 0.1) is 17.8 Å². The molecule has 0 fully saturated rings. The van der Waals surface area contributed by atoms with Crippen molar-refractivity contribution in [3.8, 4) is 0 Å². The van der Waals surface area contributed by atoms with E-state index in [4.69, 9.17) is 0 Å². The predicted molar refractivity (Wildman–Crippen MR) is 62.4 cm³/mol. The minimum Gasteiger partial charge on any atom is -0.310 e. The lowest BCUT2D eigenvalue weighted by Crippen LogP contribution is -2.34. The van der Waals surface area contributed by atoms with Gasteiger partial charge < -0.3 is 5.32 Å². The molecule has 0 radical (unpaired) electrons. The van der Waals surface area contributed by atoms with Gasteiger partial charge in [0, 0.05) is 6.20 Å². The smallest absolute Gasteiger partial charge is 0.147 e. The Kier molecular flexibility index (Phi) is 3.01. The molecule has 0 saturated carbocycles. The fourth-order valence-electron chi connectivity index (χ4n) is 1.81. The molecule has 1 atom stereocenters. The number of nitrogens with zero attached hydrogens (tertiary/aromatic N) is 2. The average molecular weight is 217 g/mol. The van der Waals surface area contributed by atoms with Crippen LogP contribution in [0.5, 0.6) is 0 Å². The Morgan fingerprint density at radius 3 is 3.06 bits per heavy atom. The largest absolute Gasteiger partial charge is 0.310 e. The Morgan fingerprint density at radius 1 is 1.56 bits per heavy atom. The van der Waals surface area contributed by atoms with Gasteiger partial charge >= 0.3 is 0 Å². The summed E-state index contributed by atoms with van der Waals surface area (Å²) in [5.41, 5.74) is 2.15. The molecule has 4 heteroatoms. The van der Waals surface area contributed by atoms with Crippen molar-refractivity contribution in [2.45, 2.75) is 19.4 Å². The summed E-state index contributed by atoms with van der Waals surface area (Å²) in [6.45, 7) is 1.60. The van der Waals surface area contributed by atoms with Crippen LogP contribution < -0.4 is 5.32 Å². The number of ketones is 1. The molecule has 0 aliphatic rings. The van der Waals surface area contributed by atoms with E-state index in [1.807, 2.05) is 35.1 Å². The van der Waals surface area contributed by atoms with E-state index in [2.05, 4.69) is 10.4 Å². The molecule has 0 spiro atoms. The lowest BCUT2D eigenvalue weighted by atomic mass is 10.0. The highest BCUT2D eigenvalue weighted by Crippen LogP contribution is 2.12. The van der Waals surface area contributed by atoms with Crippen molar-refractivity contribution in [1.82, 2.24) is 14.9 Å². The van der Waals surface area contributed by atoms with Gasteiger partial charge in [-0.1, -0.05) is 6.07 Å². The van der Waals surface area contributed by atoms with E-state index in [1.54, 1.807) is 14.0 Å². The average Bonchev–Trinajstić information content (AvgIpc) is 2.69. The zero-order valence-corrected chi connectivity index (χ0v) is 9.47. The van der Waals surface area contributed by atoms with Crippen LogP contribution in [0.25, 0.3) is 5.52 Å². The number of carbonyl (C=O) groups excluding carboxylic acids is 1. The number of rotatable bonds is 4. The number of hydrogen-bond donors (Lipinski definition) is 1. The number of aromatic nitrogens is 2. The molecule has 16 heavy (non-hydrogen) atoms. The Morgan fingerprint density at radius 2 is 2.38 bits per heavy atom. The van der Waals surface area contributed by atoms with E-state index in [0.717, 1.165) is 11.1 Å². The lowest BCUT2D eigenvalue weighted by Gasteiger charge is -2.11. The summed E-state index contributed by atoms with van der Waals surface area (Å²) in [4.78, 5) is 11.3. The fourth-order valence-corrected chi connectivity index (χ4v) is 1.81. The van der Waals surface area contributed by atoms with E-state index >= 15 is 0 Å². The second kappa shape index (κ2) is 4.45. The molecule has 0 unspecified atom stereocenters. The first-order valence-corrected chi connectivity index (χ1v) is 5.31. The van der Waals surface area contributed by atoms with E-state index < -0.39 is 0 Å². The predicted octanol–water partition coefficient (Wildman–Crippen LogP) is 1.05. The number of Topliss-reactive ketones (excluding diaryl/α,β-unsaturated/α-hetero) is 1. The Balaban J connectivity index is 2.30. The summed E-state index contributed by atoms with van der Waals surface area (Å²) in [6, 6.07) is 5.79. The summed E-state index contributed by atoms with van der Waals surface area (Å²) in [7, 11) is 1.80. The van der Waals surface area contributed by atoms with E-state index in [1.165, 1.54) is 0 Å². The normalized spacial score (nSPS) is 12.9. The Labute approximate surface area is 94.3 Å². The van der Waals surface area contributed by atoms with E-state index in [-0.39, 0.29) is 11.8 Å². The number of likely N-dealkylation sites (N-methyl/N-ethyl adjacent to an activating group) is 1. The molecule has 1 N–H and O–H groups in total. The third kappa shape index (κ3) is 1.97. The van der Waals surface area contributed by atoms with Crippen molar-refractivity contribution in [1.29, 1.82) is 0 Å². The second-order valence-corrected chi connectivity index (χ2v) is 3.86. The number of nitrogens with one attached hydrogen (secondary N) is 1. The molecular formula is C12H15N3O. The SMILES string of the molecule is CN[C@@H](Cc1cnn2ccccc12)C(C)=O. The Bertz CT molecular complexity index is 504. The van der Waals surface area contributed by atoms with Crippen molar-refractivity contribution in [3.05, 3.63) is 36.2 Å². The van der Waals surface area contributed by atoms with Gasteiger partial charge in [0.25, 0.3) is 0 Å². The molecule has 2 aromatic heterocycles. The van der Waals surface area contributed by atoms with Crippen molar-refractivity contribution >= 4 is 11.3 Å². The van der Waals surface area contributed by atoms with Gasteiger partial charge in [-0.15, -0.1) is 0 Å². The number of fused-ring (bicyclic) bond motifs is 1. The number of pyridine rings is 1. The molecule has 4 nitrogen and oxygen atoms in total. The van der Waals surface area contributed by atoms with E-state index in [9.17, 15) is 4.79 Å². The maximum Gasteiger partial charge on any atom is 0.147 e. The van der Waals surface area contributed by atoms with Crippen LogP contribution in [0.1, 0.15) is 12.5 Å². The molecule has 0 amide bonds. The first kappa shape index (κ1) is 10.8. The highest BCUT2D eigenvalue weighted by molar-refractivity contribution is 5.82. The van der Waals surface area contributed by atoms with Gasteiger partial charge in [-0.3, -0.25) is 4.79 Å². The summed E-state index contributed by atoms with van der Waals surface area (Å²) in [6.07, 6.45) is 4.41. The standard InChI is InChI=1S/C12H15N3O/c1-9(16)11(13-2)7-10-8-14-15-6-4-3-5-12(10)15/h3-6,8,11,13H,7H2,1-2H3/t11-/m0/s1. The summed E-state index contributed by atoms with van der Waals surface area (Å²) >= 11 is 0. The third-order valence-corrected chi connectivity index (χ3v) is 2.77. The quantitative estimate of drug-likeness (QED) is 0.832. The molecule has 0 aromatic carbocycles. The van der Waals surface area contributed by atoms with Crippen molar-refractivity contribution in [2.24, 2.45) is 0 Å². The van der Waals surface area contributed by atoms with Crippen LogP contribution >= 0.6 is 0 Å². The van der Waals surface area contributed by atoms with E-state index in [0.29, 0.717) is 6.42 Å². The minimum absolute atomic E-state index is 0.131. The first-order valence-electron chi connectivity index (χ1n) is 5.31. The van der Waals surface area contributed by atoms with Crippen LogP contribution in [0.15, 0.2) is 30.6 Å². The maximum atomic E-state index is 11.3. The molecule has 84 valence electrons. The summed E-state index contributed by atoms with van der Waals surface area (Å²) in [5, 5.41) is 7.26. The first-order chi connectivity index (χ1) is 7.72. The topological polar surface area (TPSA) is 46.4 Å². The summed E-state index contributed by atoms with van der Waals surface area (Å²) < 4.78 is 1.82. The molecule has 0 saturated heterocycles. The van der Waals surface area contributed by atoms with Crippen molar-refractivity contribution in [2.75, 3.05) is 7.05 Å². The molecule has 0 bridgehead atoms. The van der Waals surface area contributed by atoms with Crippen LogP contribution in [0, 0.1) is 0 Å². The third-order valence-electron chi connectivity index (χ3n) is 2.77. The van der Waals surface area contributed by atoms with Gasteiger partial charge in [0.15, 0.2) is 0 Å². The van der Waals surface area contributed by atoms with Crippen molar-refractivity contribution < 1.29 is 4.79 Å². The maximum absolute atomic E-state index is 11.3. The van der Waals surface area contributed by atoms with Gasteiger partial charge in [0.2, 0.25) is 0 Å². The second-order valence-electron chi connectivity index (χ2n) is 3.86. The van der Waals surface area contributed by atoms with Gasteiger partial charge in [0.1, 0.15) is 5.78 Å². The fraction of sp³-hybridized carbons (Fsp3) is 0.333. The minimum atomic E-state index is -0.131. The van der Waals surface area contributed by atoms with Gasteiger partial charge in [-0.2, -0.15) is 5.10 Å². The molecule has 0 aliphatic heterocycles. The highest BCUT2D eigenvalue weighted by atomic mass is 16.1. The van der Waals surface area contributed by atoms with Crippen LogP contribution in [0.4, 0.5) is 0 Å². The molecule has 2 heterocycles. The lowest BCUT2D eigenvalue weighted by molar-refractivity contribution is -0.118. The van der Waals surface area contributed by atoms with Crippen LogP contribution in [-0.2, 0) is 11.2 Å². The zero-order chi connectivity index (χ0) is 11.5. The highest BCUT2D eigenvalue weighted by Gasteiger charge is 2.14.